The largest absolute Gasteiger partial charge is 0.392 e. The first-order valence-corrected chi connectivity index (χ1v) is 2.85. The maximum atomic E-state index is 9.95. The second-order valence-corrected chi connectivity index (χ2v) is 1.97. The molecule has 0 rings (SSSR count). The highest BCUT2D eigenvalue weighted by atomic mass is 16.3. The van der Waals surface area contributed by atoms with Crippen LogP contribution in [0.15, 0.2) is 0 Å². The van der Waals surface area contributed by atoms with Gasteiger partial charge in [0.05, 0.1) is 6.10 Å². The van der Waals surface area contributed by atoms with Crippen LogP contribution >= 0.6 is 0 Å². The van der Waals surface area contributed by atoms with E-state index in [0.29, 0.717) is 6.42 Å². The number of aliphatic hydroxyl groups excluding tert-OH is 1. The highest BCUT2D eigenvalue weighted by Gasteiger charge is 2.08. The van der Waals surface area contributed by atoms with Gasteiger partial charge in [0.15, 0.2) is 0 Å². The van der Waals surface area contributed by atoms with Crippen molar-refractivity contribution in [3.63, 3.8) is 0 Å². The molecule has 0 unspecified atom stereocenters. The standard InChI is InChI=1S/C6H12O2/c1-3-6(8)5(2)4-7/h4-6,8H,3H2,1-2H3/t5-,6-/m0/s1. The van der Waals surface area contributed by atoms with Gasteiger partial charge in [-0.2, -0.15) is 0 Å². The van der Waals surface area contributed by atoms with Crippen molar-refractivity contribution >= 4 is 6.29 Å². The molecule has 0 heterocycles. The van der Waals surface area contributed by atoms with E-state index in [1.807, 2.05) is 6.92 Å². The third-order valence-corrected chi connectivity index (χ3v) is 1.24. The summed E-state index contributed by atoms with van der Waals surface area (Å²) in [7, 11) is 0. The zero-order valence-corrected chi connectivity index (χ0v) is 5.29. The smallest absolute Gasteiger partial charge is 0.125 e. The van der Waals surface area contributed by atoms with Gasteiger partial charge in [0.25, 0.3) is 0 Å². The first kappa shape index (κ1) is 7.63. The Morgan fingerprint density at radius 3 is 2.38 bits per heavy atom. The Hall–Kier alpha value is -0.370. The van der Waals surface area contributed by atoms with Gasteiger partial charge in [-0.05, 0) is 6.42 Å². The third-order valence-electron chi connectivity index (χ3n) is 1.24. The number of hydrogen-bond acceptors (Lipinski definition) is 2. The van der Waals surface area contributed by atoms with Crippen molar-refractivity contribution in [3.05, 3.63) is 0 Å². The minimum Gasteiger partial charge on any atom is -0.392 e. The van der Waals surface area contributed by atoms with Gasteiger partial charge in [0.2, 0.25) is 0 Å². The lowest BCUT2D eigenvalue weighted by Crippen LogP contribution is -2.16. The minimum absolute atomic E-state index is 0.208. The molecular formula is C6H12O2. The van der Waals surface area contributed by atoms with Gasteiger partial charge in [-0.3, -0.25) is 0 Å². The summed E-state index contributed by atoms with van der Waals surface area (Å²) in [5.74, 6) is -0.208. The summed E-state index contributed by atoms with van der Waals surface area (Å²) in [5, 5.41) is 8.90. The van der Waals surface area contributed by atoms with Crippen LogP contribution in [0.4, 0.5) is 0 Å². The molecule has 0 aromatic heterocycles. The molecule has 8 heavy (non-hydrogen) atoms. The van der Waals surface area contributed by atoms with Gasteiger partial charge in [-0.1, -0.05) is 13.8 Å². The van der Waals surface area contributed by atoms with E-state index in [1.165, 1.54) is 0 Å². The molecule has 0 saturated carbocycles. The molecule has 0 fully saturated rings. The third kappa shape index (κ3) is 2.07. The Morgan fingerprint density at radius 1 is 1.75 bits per heavy atom. The van der Waals surface area contributed by atoms with Gasteiger partial charge in [-0.25, -0.2) is 0 Å². The van der Waals surface area contributed by atoms with E-state index in [4.69, 9.17) is 5.11 Å². The average Bonchev–Trinajstić information content (AvgIpc) is 1.84. The first-order chi connectivity index (χ1) is 3.72. The van der Waals surface area contributed by atoms with Crippen LogP contribution in [0.3, 0.4) is 0 Å². The van der Waals surface area contributed by atoms with E-state index in [-0.39, 0.29) is 5.92 Å². The zero-order valence-electron chi connectivity index (χ0n) is 5.29. The van der Waals surface area contributed by atoms with Crippen molar-refractivity contribution in [1.29, 1.82) is 0 Å². The summed E-state index contributed by atoms with van der Waals surface area (Å²) in [4.78, 5) is 9.95. The molecule has 0 bridgehead atoms. The predicted octanol–water partition coefficient (Wildman–Crippen LogP) is 0.592. The highest BCUT2D eigenvalue weighted by molar-refractivity contribution is 5.53. The fourth-order valence-corrected chi connectivity index (χ4v) is 0.462. The molecule has 0 saturated heterocycles. The van der Waals surface area contributed by atoms with Gasteiger partial charge >= 0.3 is 0 Å². The second-order valence-electron chi connectivity index (χ2n) is 1.97. The van der Waals surface area contributed by atoms with E-state index < -0.39 is 6.10 Å². The Bertz CT molecular complexity index is 70.9. The van der Waals surface area contributed by atoms with Crippen LogP contribution in [-0.2, 0) is 4.79 Å². The van der Waals surface area contributed by atoms with E-state index >= 15 is 0 Å². The predicted molar refractivity (Wildman–Crippen MR) is 31.5 cm³/mol. The molecule has 0 aromatic carbocycles. The molecule has 2 atom stereocenters. The number of aliphatic hydroxyl groups is 1. The zero-order chi connectivity index (χ0) is 6.57. The number of aldehydes is 1. The van der Waals surface area contributed by atoms with Crippen molar-refractivity contribution in [1.82, 2.24) is 0 Å². The van der Waals surface area contributed by atoms with E-state index in [0.717, 1.165) is 6.29 Å². The molecule has 0 radical (unpaired) electrons. The lowest BCUT2D eigenvalue weighted by molar-refractivity contribution is -0.113. The van der Waals surface area contributed by atoms with Crippen molar-refractivity contribution in [3.8, 4) is 0 Å². The van der Waals surface area contributed by atoms with Crippen molar-refractivity contribution in [2.75, 3.05) is 0 Å². The van der Waals surface area contributed by atoms with Gasteiger partial charge in [0.1, 0.15) is 6.29 Å². The monoisotopic (exact) mass is 116 g/mol. The Balaban J connectivity index is 3.44. The number of hydrogen-bond donors (Lipinski definition) is 1. The van der Waals surface area contributed by atoms with E-state index in [9.17, 15) is 4.79 Å². The van der Waals surface area contributed by atoms with Crippen LogP contribution in [0.5, 0.6) is 0 Å². The van der Waals surface area contributed by atoms with Crippen LogP contribution in [0.1, 0.15) is 20.3 Å². The van der Waals surface area contributed by atoms with Crippen LogP contribution < -0.4 is 0 Å². The first-order valence-electron chi connectivity index (χ1n) is 2.85. The highest BCUT2D eigenvalue weighted by Crippen LogP contribution is 2.01. The Kier molecular flexibility index (Phi) is 3.44. The fraction of sp³-hybridized carbons (Fsp3) is 0.833. The van der Waals surface area contributed by atoms with Gasteiger partial charge < -0.3 is 9.90 Å². The molecule has 0 spiro atoms. The van der Waals surface area contributed by atoms with Crippen LogP contribution in [0, 0.1) is 5.92 Å². The normalized spacial score (nSPS) is 17.4. The van der Waals surface area contributed by atoms with Crippen molar-refractivity contribution in [2.24, 2.45) is 5.92 Å². The van der Waals surface area contributed by atoms with Crippen molar-refractivity contribution in [2.45, 2.75) is 26.4 Å². The Morgan fingerprint density at radius 2 is 2.25 bits per heavy atom. The number of carbonyl (C=O) groups excluding carboxylic acids is 1. The lowest BCUT2D eigenvalue weighted by Gasteiger charge is -2.08. The molecule has 0 aliphatic carbocycles. The topological polar surface area (TPSA) is 37.3 Å². The molecule has 2 nitrogen and oxygen atoms in total. The summed E-state index contributed by atoms with van der Waals surface area (Å²) < 4.78 is 0. The number of carbonyl (C=O) groups is 1. The molecule has 0 aromatic rings. The molecule has 48 valence electrons. The summed E-state index contributed by atoms with van der Waals surface area (Å²) in [6, 6.07) is 0. The van der Waals surface area contributed by atoms with Crippen LogP contribution in [0.25, 0.3) is 0 Å². The maximum Gasteiger partial charge on any atom is 0.125 e. The minimum atomic E-state index is -0.451. The summed E-state index contributed by atoms with van der Waals surface area (Å²) in [5.41, 5.74) is 0. The summed E-state index contributed by atoms with van der Waals surface area (Å²) >= 11 is 0. The quantitative estimate of drug-likeness (QED) is 0.548. The van der Waals surface area contributed by atoms with Gasteiger partial charge in [0, 0.05) is 5.92 Å². The Labute approximate surface area is 49.5 Å². The average molecular weight is 116 g/mol. The SMILES string of the molecule is CC[C@H](O)[C@@H](C)C=O. The van der Waals surface area contributed by atoms with Gasteiger partial charge in [-0.15, -0.1) is 0 Å². The molecule has 1 N–H and O–H groups in total. The van der Waals surface area contributed by atoms with E-state index in [2.05, 4.69) is 0 Å². The fourth-order valence-electron chi connectivity index (χ4n) is 0.462. The summed E-state index contributed by atoms with van der Waals surface area (Å²) in [6.07, 6.45) is 0.973. The molecular weight excluding hydrogens is 104 g/mol. The van der Waals surface area contributed by atoms with E-state index in [1.54, 1.807) is 6.92 Å². The lowest BCUT2D eigenvalue weighted by atomic mass is 10.1. The molecule has 0 aliphatic rings. The maximum absolute atomic E-state index is 9.95. The molecule has 2 heteroatoms. The number of rotatable bonds is 3. The van der Waals surface area contributed by atoms with Crippen molar-refractivity contribution < 1.29 is 9.90 Å². The molecule has 0 aliphatic heterocycles. The molecule has 0 amide bonds. The summed E-state index contributed by atoms with van der Waals surface area (Å²) in [6.45, 7) is 3.56. The van der Waals surface area contributed by atoms with Crippen LogP contribution in [0.2, 0.25) is 0 Å². The van der Waals surface area contributed by atoms with Crippen LogP contribution in [-0.4, -0.2) is 17.5 Å². The second kappa shape index (κ2) is 3.61.